The Morgan fingerprint density at radius 2 is 1.90 bits per heavy atom. The molecule has 4 nitrogen and oxygen atoms in total. The van der Waals surface area contributed by atoms with Gasteiger partial charge in [0.2, 0.25) is 0 Å². The van der Waals surface area contributed by atoms with Crippen LogP contribution in [0.3, 0.4) is 0 Å². The molecule has 5 heteroatoms. The van der Waals surface area contributed by atoms with Crippen molar-refractivity contribution in [2.45, 2.75) is 13.3 Å². The molecule has 0 saturated carbocycles. The average Bonchev–Trinajstić information content (AvgIpc) is 2.48. The second kappa shape index (κ2) is 8.95. The van der Waals surface area contributed by atoms with E-state index < -0.39 is 0 Å². The highest BCUT2D eigenvalue weighted by molar-refractivity contribution is 5.94. The number of nitrogens with one attached hydrogen (secondary N) is 2. The number of benzene rings is 1. The van der Waals surface area contributed by atoms with E-state index >= 15 is 0 Å². The molecule has 1 heterocycles. The Kier molecular flexibility index (Phi) is 7.59. The Balaban J connectivity index is 0.00000200. The van der Waals surface area contributed by atoms with E-state index in [1.807, 2.05) is 24.3 Å². The molecule has 0 atom stereocenters. The molecule has 2 rings (SSSR count). The number of carbonyl (C=O) groups is 1. The molecule has 1 aliphatic heterocycles. The quantitative estimate of drug-likeness (QED) is 0.861. The fourth-order valence-electron chi connectivity index (χ4n) is 2.26. The fourth-order valence-corrected chi connectivity index (χ4v) is 2.26. The van der Waals surface area contributed by atoms with Gasteiger partial charge in [0.05, 0.1) is 0 Å². The molecule has 1 aromatic carbocycles. The van der Waals surface area contributed by atoms with E-state index in [0.29, 0.717) is 6.54 Å². The monoisotopic (exact) mass is 297 g/mol. The third kappa shape index (κ3) is 5.12. The normalized spacial score (nSPS) is 15.4. The SMILES string of the molecule is CCc1ccc(C(=O)NCCN2CCNCC2)cc1.Cl. The zero-order valence-electron chi connectivity index (χ0n) is 12.0. The lowest BCUT2D eigenvalue weighted by Crippen LogP contribution is -2.46. The van der Waals surface area contributed by atoms with Crippen LogP contribution in [0.5, 0.6) is 0 Å². The first-order valence-electron chi connectivity index (χ1n) is 7.10. The first kappa shape index (κ1) is 17.0. The van der Waals surface area contributed by atoms with Crippen molar-refractivity contribution in [1.29, 1.82) is 0 Å². The van der Waals surface area contributed by atoms with Crippen LogP contribution >= 0.6 is 12.4 Å². The highest BCUT2D eigenvalue weighted by atomic mass is 35.5. The molecular formula is C15H24ClN3O. The lowest BCUT2D eigenvalue weighted by Gasteiger charge is -2.27. The number of aryl methyl sites for hydroxylation is 1. The van der Waals surface area contributed by atoms with Crippen molar-refractivity contribution >= 4 is 18.3 Å². The van der Waals surface area contributed by atoms with Crippen molar-refractivity contribution in [2.75, 3.05) is 39.3 Å². The van der Waals surface area contributed by atoms with Crippen LogP contribution in [0.4, 0.5) is 0 Å². The average molecular weight is 298 g/mol. The molecule has 112 valence electrons. The van der Waals surface area contributed by atoms with Gasteiger partial charge in [0.1, 0.15) is 0 Å². The Morgan fingerprint density at radius 1 is 1.25 bits per heavy atom. The van der Waals surface area contributed by atoms with E-state index in [9.17, 15) is 4.79 Å². The fraction of sp³-hybridized carbons (Fsp3) is 0.533. The first-order chi connectivity index (χ1) is 9.29. The summed E-state index contributed by atoms with van der Waals surface area (Å²) in [5.41, 5.74) is 2.01. The summed E-state index contributed by atoms with van der Waals surface area (Å²) < 4.78 is 0. The van der Waals surface area contributed by atoms with Gasteiger partial charge in [0.15, 0.2) is 0 Å². The molecule has 0 spiro atoms. The van der Waals surface area contributed by atoms with Crippen molar-refractivity contribution in [2.24, 2.45) is 0 Å². The maximum Gasteiger partial charge on any atom is 0.251 e. The summed E-state index contributed by atoms with van der Waals surface area (Å²) in [6, 6.07) is 7.84. The van der Waals surface area contributed by atoms with Gasteiger partial charge in [-0.1, -0.05) is 19.1 Å². The minimum Gasteiger partial charge on any atom is -0.351 e. The Bertz CT molecular complexity index is 402. The number of hydrogen-bond acceptors (Lipinski definition) is 3. The van der Waals surface area contributed by atoms with E-state index in [-0.39, 0.29) is 18.3 Å². The van der Waals surface area contributed by atoms with Crippen LogP contribution in [-0.4, -0.2) is 50.1 Å². The van der Waals surface area contributed by atoms with Crippen molar-refractivity contribution < 1.29 is 4.79 Å². The summed E-state index contributed by atoms with van der Waals surface area (Å²) in [5.74, 6) is 0.0257. The van der Waals surface area contributed by atoms with Gasteiger partial charge in [0.25, 0.3) is 5.91 Å². The van der Waals surface area contributed by atoms with E-state index in [2.05, 4.69) is 22.5 Å². The Hall–Kier alpha value is -1.10. The molecule has 0 unspecified atom stereocenters. The highest BCUT2D eigenvalue weighted by Crippen LogP contribution is 2.04. The third-order valence-electron chi connectivity index (χ3n) is 3.55. The van der Waals surface area contributed by atoms with Crippen LogP contribution in [0.2, 0.25) is 0 Å². The molecule has 0 aliphatic carbocycles. The molecule has 20 heavy (non-hydrogen) atoms. The minimum absolute atomic E-state index is 0. The standard InChI is InChI=1S/C15H23N3O.ClH/c1-2-13-3-5-14(6-4-13)15(19)17-9-12-18-10-7-16-8-11-18;/h3-6,16H,2,7-12H2,1H3,(H,17,19);1H. The smallest absolute Gasteiger partial charge is 0.251 e. The number of rotatable bonds is 5. The summed E-state index contributed by atoms with van der Waals surface area (Å²) in [6.45, 7) is 8.00. The second-order valence-electron chi connectivity index (χ2n) is 4.90. The van der Waals surface area contributed by atoms with Crippen LogP contribution in [0.15, 0.2) is 24.3 Å². The highest BCUT2D eigenvalue weighted by Gasteiger charge is 2.10. The largest absolute Gasteiger partial charge is 0.351 e. The van der Waals surface area contributed by atoms with Crippen LogP contribution in [0, 0.1) is 0 Å². The number of piperazine rings is 1. The van der Waals surface area contributed by atoms with Gasteiger partial charge in [-0.2, -0.15) is 0 Å². The number of nitrogens with zero attached hydrogens (tertiary/aromatic N) is 1. The second-order valence-corrected chi connectivity index (χ2v) is 4.90. The summed E-state index contributed by atoms with van der Waals surface area (Å²) in [6.07, 6.45) is 1.00. The van der Waals surface area contributed by atoms with Crippen molar-refractivity contribution in [3.05, 3.63) is 35.4 Å². The molecule has 1 aliphatic rings. The summed E-state index contributed by atoms with van der Waals surface area (Å²) >= 11 is 0. The van der Waals surface area contributed by atoms with E-state index in [0.717, 1.165) is 44.7 Å². The maximum absolute atomic E-state index is 11.9. The predicted octanol–water partition coefficient (Wildman–Crippen LogP) is 1.31. The van der Waals surface area contributed by atoms with Gasteiger partial charge in [-0.05, 0) is 24.1 Å². The van der Waals surface area contributed by atoms with Gasteiger partial charge in [0, 0.05) is 44.8 Å². The topological polar surface area (TPSA) is 44.4 Å². The maximum atomic E-state index is 11.9. The minimum atomic E-state index is 0. The summed E-state index contributed by atoms with van der Waals surface area (Å²) in [7, 11) is 0. The Morgan fingerprint density at radius 3 is 2.50 bits per heavy atom. The van der Waals surface area contributed by atoms with E-state index in [4.69, 9.17) is 0 Å². The van der Waals surface area contributed by atoms with Crippen LogP contribution in [0.1, 0.15) is 22.8 Å². The van der Waals surface area contributed by atoms with Gasteiger partial charge < -0.3 is 10.6 Å². The number of hydrogen-bond donors (Lipinski definition) is 2. The molecule has 0 radical (unpaired) electrons. The van der Waals surface area contributed by atoms with Crippen molar-refractivity contribution in [3.63, 3.8) is 0 Å². The molecule has 1 aromatic rings. The zero-order chi connectivity index (χ0) is 13.5. The first-order valence-corrected chi connectivity index (χ1v) is 7.10. The van der Waals surface area contributed by atoms with Gasteiger partial charge in [-0.25, -0.2) is 0 Å². The van der Waals surface area contributed by atoms with Crippen LogP contribution in [0.25, 0.3) is 0 Å². The third-order valence-corrected chi connectivity index (χ3v) is 3.55. The zero-order valence-corrected chi connectivity index (χ0v) is 12.8. The number of amides is 1. The molecule has 1 fully saturated rings. The summed E-state index contributed by atoms with van der Waals surface area (Å²) in [4.78, 5) is 14.3. The molecule has 1 amide bonds. The Labute approximate surface area is 127 Å². The number of carbonyl (C=O) groups excluding carboxylic acids is 1. The van der Waals surface area contributed by atoms with Gasteiger partial charge in [-0.3, -0.25) is 9.69 Å². The molecule has 0 aromatic heterocycles. The molecule has 0 bridgehead atoms. The predicted molar refractivity (Wildman–Crippen MR) is 84.7 cm³/mol. The van der Waals surface area contributed by atoms with Gasteiger partial charge in [-0.15, -0.1) is 12.4 Å². The lowest BCUT2D eigenvalue weighted by atomic mass is 10.1. The molecular weight excluding hydrogens is 274 g/mol. The lowest BCUT2D eigenvalue weighted by molar-refractivity contribution is 0.0947. The molecule has 1 saturated heterocycles. The van der Waals surface area contributed by atoms with Crippen LogP contribution in [-0.2, 0) is 6.42 Å². The van der Waals surface area contributed by atoms with Crippen LogP contribution < -0.4 is 10.6 Å². The summed E-state index contributed by atoms with van der Waals surface area (Å²) in [5, 5.41) is 6.30. The van der Waals surface area contributed by atoms with Crippen molar-refractivity contribution in [1.82, 2.24) is 15.5 Å². The number of halogens is 1. The van der Waals surface area contributed by atoms with E-state index in [1.54, 1.807) is 0 Å². The van der Waals surface area contributed by atoms with E-state index in [1.165, 1.54) is 5.56 Å². The molecule has 2 N–H and O–H groups in total. The van der Waals surface area contributed by atoms with Crippen molar-refractivity contribution in [3.8, 4) is 0 Å². The van der Waals surface area contributed by atoms with Gasteiger partial charge >= 0.3 is 0 Å².